The SMILES string of the molecule is CCn1nccc1CNC(=O)c1ccc2c(c1)OCO2. The Hall–Kier alpha value is -2.50. The van der Waals surface area contributed by atoms with Crippen LogP contribution in [0.2, 0.25) is 0 Å². The molecule has 6 heteroatoms. The third-order valence-corrected chi connectivity index (χ3v) is 3.17. The maximum absolute atomic E-state index is 12.1. The van der Waals surface area contributed by atoms with Gasteiger partial charge in [-0.25, -0.2) is 0 Å². The predicted octanol–water partition coefficient (Wildman–Crippen LogP) is 1.56. The highest BCUT2D eigenvalue weighted by molar-refractivity contribution is 5.94. The van der Waals surface area contributed by atoms with Crippen LogP contribution in [0.15, 0.2) is 30.5 Å². The standard InChI is InChI=1S/C14H15N3O3/c1-2-17-11(5-6-16-17)8-15-14(18)10-3-4-12-13(7-10)20-9-19-12/h3-7H,2,8-9H2,1H3,(H,15,18). The molecule has 0 aliphatic carbocycles. The number of fused-ring (bicyclic) bond motifs is 1. The van der Waals surface area contributed by atoms with Crippen LogP contribution < -0.4 is 14.8 Å². The van der Waals surface area contributed by atoms with E-state index in [9.17, 15) is 4.79 Å². The Morgan fingerprint density at radius 1 is 1.35 bits per heavy atom. The number of carbonyl (C=O) groups is 1. The first kappa shape index (κ1) is 12.5. The lowest BCUT2D eigenvalue weighted by Gasteiger charge is -2.07. The van der Waals surface area contributed by atoms with Crippen LogP contribution in [0, 0.1) is 0 Å². The molecule has 2 heterocycles. The minimum Gasteiger partial charge on any atom is -0.454 e. The number of benzene rings is 1. The fourth-order valence-corrected chi connectivity index (χ4v) is 2.11. The second kappa shape index (κ2) is 5.24. The summed E-state index contributed by atoms with van der Waals surface area (Å²) in [7, 11) is 0. The maximum Gasteiger partial charge on any atom is 0.251 e. The van der Waals surface area contributed by atoms with Gasteiger partial charge >= 0.3 is 0 Å². The van der Waals surface area contributed by atoms with E-state index in [1.54, 1.807) is 24.4 Å². The number of hydrogen-bond donors (Lipinski definition) is 1. The van der Waals surface area contributed by atoms with Gasteiger partial charge in [-0.05, 0) is 31.2 Å². The molecule has 0 saturated carbocycles. The molecule has 20 heavy (non-hydrogen) atoms. The smallest absolute Gasteiger partial charge is 0.251 e. The Kier molecular flexibility index (Phi) is 3.28. The van der Waals surface area contributed by atoms with Crippen molar-refractivity contribution in [2.75, 3.05) is 6.79 Å². The highest BCUT2D eigenvalue weighted by atomic mass is 16.7. The lowest BCUT2D eigenvalue weighted by Crippen LogP contribution is -2.24. The van der Waals surface area contributed by atoms with E-state index in [1.165, 1.54) is 0 Å². The highest BCUT2D eigenvalue weighted by Crippen LogP contribution is 2.32. The number of carbonyl (C=O) groups excluding carboxylic acids is 1. The molecule has 1 aliphatic heterocycles. The number of hydrogen-bond acceptors (Lipinski definition) is 4. The number of nitrogens with zero attached hydrogens (tertiary/aromatic N) is 2. The molecule has 0 spiro atoms. The summed E-state index contributed by atoms with van der Waals surface area (Å²) in [5, 5.41) is 7.03. The molecular weight excluding hydrogens is 258 g/mol. The Balaban J connectivity index is 1.67. The van der Waals surface area contributed by atoms with Crippen LogP contribution in [0.4, 0.5) is 0 Å². The molecule has 1 aromatic carbocycles. The topological polar surface area (TPSA) is 65.4 Å². The summed E-state index contributed by atoms with van der Waals surface area (Å²) in [4.78, 5) is 12.1. The van der Waals surface area contributed by atoms with Crippen LogP contribution in [0.25, 0.3) is 0 Å². The van der Waals surface area contributed by atoms with Gasteiger partial charge in [0.2, 0.25) is 6.79 Å². The van der Waals surface area contributed by atoms with Gasteiger partial charge in [-0.15, -0.1) is 0 Å². The number of aromatic nitrogens is 2. The first-order valence-electron chi connectivity index (χ1n) is 6.46. The molecule has 6 nitrogen and oxygen atoms in total. The molecule has 3 rings (SSSR count). The van der Waals surface area contributed by atoms with Crippen molar-refractivity contribution in [3.63, 3.8) is 0 Å². The Morgan fingerprint density at radius 2 is 2.20 bits per heavy atom. The van der Waals surface area contributed by atoms with Crippen molar-refractivity contribution in [1.82, 2.24) is 15.1 Å². The molecule has 2 aromatic rings. The molecule has 1 amide bonds. The van der Waals surface area contributed by atoms with E-state index in [0.29, 0.717) is 23.6 Å². The summed E-state index contributed by atoms with van der Waals surface area (Å²) >= 11 is 0. The minimum absolute atomic E-state index is 0.146. The van der Waals surface area contributed by atoms with E-state index >= 15 is 0 Å². The van der Waals surface area contributed by atoms with Crippen LogP contribution in [0.5, 0.6) is 11.5 Å². The Bertz CT molecular complexity index is 636. The quantitative estimate of drug-likeness (QED) is 0.918. The Morgan fingerprint density at radius 3 is 3.05 bits per heavy atom. The second-order valence-corrected chi connectivity index (χ2v) is 4.39. The average molecular weight is 273 g/mol. The average Bonchev–Trinajstić information content (AvgIpc) is 3.12. The largest absolute Gasteiger partial charge is 0.454 e. The third-order valence-electron chi connectivity index (χ3n) is 3.17. The van der Waals surface area contributed by atoms with Crippen molar-refractivity contribution in [2.24, 2.45) is 0 Å². The monoisotopic (exact) mass is 273 g/mol. The van der Waals surface area contributed by atoms with E-state index < -0.39 is 0 Å². The number of ether oxygens (including phenoxy) is 2. The minimum atomic E-state index is -0.146. The molecule has 0 atom stereocenters. The molecule has 104 valence electrons. The summed E-state index contributed by atoms with van der Waals surface area (Å²) in [6.07, 6.45) is 1.73. The Labute approximate surface area is 116 Å². The van der Waals surface area contributed by atoms with Gasteiger partial charge in [-0.2, -0.15) is 5.10 Å². The predicted molar refractivity (Wildman–Crippen MR) is 71.6 cm³/mol. The zero-order valence-corrected chi connectivity index (χ0v) is 11.1. The first-order chi connectivity index (χ1) is 9.78. The highest BCUT2D eigenvalue weighted by Gasteiger charge is 2.16. The van der Waals surface area contributed by atoms with E-state index in [4.69, 9.17) is 9.47 Å². The molecule has 1 N–H and O–H groups in total. The summed E-state index contributed by atoms with van der Waals surface area (Å²) in [6.45, 7) is 3.44. The summed E-state index contributed by atoms with van der Waals surface area (Å²) < 4.78 is 12.3. The lowest BCUT2D eigenvalue weighted by atomic mass is 10.2. The van der Waals surface area contributed by atoms with Gasteiger partial charge in [0.25, 0.3) is 5.91 Å². The molecule has 0 bridgehead atoms. The number of amides is 1. The molecule has 0 radical (unpaired) electrons. The molecule has 1 aromatic heterocycles. The molecule has 1 aliphatic rings. The summed E-state index contributed by atoms with van der Waals surface area (Å²) in [5.74, 6) is 1.13. The fourth-order valence-electron chi connectivity index (χ4n) is 2.11. The van der Waals surface area contributed by atoms with Gasteiger partial charge in [0.1, 0.15) is 0 Å². The van der Waals surface area contributed by atoms with Crippen LogP contribution in [-0.4, -0.2) is 22.5 Å². The zero-order valence-electron chi connectivity index (χ0n) is 11.1. The van der Waals surface area contributed by atoms with Gasteiger partial charge in [-0.3, -0.25) is 9.48 Å². The zero-order chi connectivity index (χ0) is 13.9. The van der Waals surface area contributed by atoms with Crippen molar-refractivity contribution >= 4 is 5.91 Å². The van der Waals surface area contributed by atoms with Crippen molar-refractivity contribution < 1.29 is 14.3 Å². The second-order valence-electron chi connectivity index (χ2n) is 4.39. The summed E-state index contributed by atoms with van der Waals surface area (Å²) in [6, 6.07) is 7.05. The molecule has 0 unspecified atom stereocenters. The lowest BCUT2D eigenvalue weighted by molar-refractivity contribution is 0.0949. The van der Waals surface area contributed by atoms with Crippen molar-refractivity contribution in [1.29, 1.82) is 0 Å². The van der Waals surface area contributed by atoms with Crippen LogP contribution in [0.3, 0.4) is 0 Å². The van der Waals surface area contributed by atoms with Crippen LogP contribution in [0.1, 0.15) is 23.0 Å². The normalized spacial score (nSPS) is 12.4. The van der Waals surface area contributed by atoms with Gasteiger partial charge in [-0.1, -0.05) is 0 Å². The molecular formula is C14H15N3O3. The van der Waals surface area contributed by atoms with E-state index in [-0.39, 0.29) is 12.7 Å². The van der Waals surface area contributed by atoms with E-state index in [2.05, 4.69) is 10.4 Å². The van der Waals surface area contributed by atoms with E-state index in [0.717, 1.165) is 12.2 Å². The first-order valence-corrected chi connectivity index (χ1v) is 6.46. The summed E-state index contributed by atoms with van der Waals surface area (Å²) in [5.41, 5.74) is 1.53. The van der Waals surface area contributed by atoms with Crippen molar-refractivity contribution in [3.8, 4) is 11.5 Å². The molecule has 0 fully saturated rings. The van der Waals surface area contributed by atoms with Gasteiger partial charge in [0.05, 0.1) is 12.2 Å². The van der Waals surface area contributed by atoms with Crippen LogP contribution in [-0.2, 0) is 13.1 Å². The fraction of sp³-hybridized carbons (Fsp3) is 0.286. The van der Waals surface area contributed by atoms with Gasteiger partial charge in [0, 0.05) is 18.3 Å². The van der Waals surface area contributed by atoms with E-state index in [1.807, 2.05) is 17.7 Å². The van der Waals surface area contributed by atoms with Gasteiger partial charge < -0.3 is 14.8 Å². The number of nitrogens with one attached hydrogen (secondary N) is 1. The van der Waals surface area contributed by atoms with Gasteiger partial charge in [0.15, 0.2) is 11.5 Å². The van der Waals surface area contributed by atoms with Crippen LogP contribution >= 0.6 is 0 Å². The van der Waals surface area contributed by atoms with Crippen molar-refractivity contribution in [2.45, 2.75) is 20.0 Å². The number of aryl methyl sites for hydroxylation is 1. The number of rotatable bonds is 4. The third kappa shape index (κ3) is 2.32. The maximum atomic E-state index is 12.1. The van der Waals surface area contributed by atoms with Crippen molar-refractivity contribution in [3.05, 3.63) is 41.7 Å². The molecule has 0 saturated heterocycles.